The van der Waals surface area contributed by atoms with Crippen molar-refractivity contribution in [2.75, 3.05) is 19.7 Å². The third kappa shape index (κ3) is 3.58. The Bertz CT molecular complexity index is 900. The maximum atomic E-state index is 12.8. The fourth-order valence-corrected chi connectivity index (χ4v) is 4.93. The predicted molar refractivity (Wildman–Crippen MR) is 108 cm³/mol. The molecule has 2 aliphatic heterocycles. The van der Waals surface area contributed by atoms with Crippen LogP contribution < -0.4 is 10.1 Å². The number of nitrogens with zero attached hydrogens (tertiary/aromatic N) is 1. The van der Waals surface area contributed by atoms with E-state index in [1.807, 2.05) is 18.2 Å². The first-order valence-corrected chi connectivity index (χ1v) is 10.5. The average Bonchev–Trinajstić information content (AvgIpc) is 3.13. The van der Waals surface area contributed by atoms with E-state index in [0.717, 1.165) is 40.2 Å². The fraction of sp³-hybridized carbons (Fsp3) is 0.429. The first-order valence-electron chi connectivity index (χ1n) is 9.65. The molecule has 0 saturated carbocycles. The lowest BCUT2D eigenvalue weighted by molar-refractivity contribution is 0.0862. The van der Waals surface area contributed by atoms with Gasteiger partial charge in [0.2, 0.25) is 0 Å². The minimum Gasteiger partial charge on any atom is -0.488 e. The summed E-state index contributed by atoms with van der Waals surface area (Å²) in [6.07, 6.45) is 1.20. The molecule has 6 nitrogen and oxygen atoms in total. The normalized spacial score (nSPS) is 16.0. The SMILES string of the molecule is CCOC(=O)N1CCC(NC(=O)c2cc3c(s2)-c2c(C)cccc2OC3)CC1. The molecule has 0 unspecified atom stereocenters. The molecule has 0 bridgehead atoms. The van der Waals surface area contributed by atoms with E-state index in [1.165, 1.54) is 11.3 Å². The molecule has 4 rings (SSSR count). The number of likely N-dealkylation sites (tertiary alicyclic amines) is 1. The minimum atomic E-state index is -0.271. The largest absolute Gasteiger partial charge is 0.488 e. The van der Waals surface area contributed by atoms with Crippen LogP contribution in [-0.4, -0.2) is 42.6 Å². The van der Waals surface area contributed by atoms with Crippen LogP contribution in [-0.2, 0) is 11.3 Å². The third-order valence-electron chi connectivity index (χ3n) is 5.23. The van der Waals surface area contributed by atoms with Crippen LogP contribution in [0.5, 0.6) is 5.75 Å². The van der Waals surface area contributed by atoms with Crippen molar-refractivity contribution in [2.24, 2.45) is 0 Å². The molecule has 1 fully saturated rings. The first-order chi connectivity index (χ1) is 13.6. The number of nitrogens with one attached hydrogen (secondary N) is 1. The highest BCUT2D eigenvalue weighted by atomic mass is 32.1. The summed E-state index contributed by atoms with van der Waals surface area (Å²) in [7, 11) is 0. The minimum absolute atomic E-state index is 0.0517. The van der Waals surface area contributed by atoms with E-state index < -0.39 is 0 Å². The summed E-state index contributed by atoms with van der Waals surface area (Å²) in [6, 6.07) is 8.04. The second kappa shape index (κ2) is 7.83. The zero-order valence-electron chi connectivity index (χ0n) is 16.1. The summed E-state index contributed by atoms with van der Waals surface area (Å²) in [5, 5.41) is 3.13. The van der Waals surface area contributed by atoms with Crippen LogP contribution >= 0.6 is 11.3 Å². The fourth-order valence-electron chi connectivity index (χ4n) is 3.74. The number of hydrogen-bond donors (Lipinski definition) is 1. The Morgan fingerprint density at radius 1 is 1.32 bits per heavy atom. The molecule has 1 aromatic heterocycles. The second-order valence-corrected chi connectivity index (χ2v) is 8.19. The van der Waals surface area contributed by atoms with Gasteiger partial charge in [-0.3, -0.25) is 4.79 Å². The van der Waals surface area contributed by atoms with Crippen LogP contribution in [0.3, 0.4) is 0 Å². The van der Waals surface area contributed by atoms with Crippen molar-refractivity contribution in [2.45, 2.75) is 39.3 Å². The van der Waals surface area contributed by atoms with Crippen LogP contribution in [0.1, 0.15) is 40.6 Å². The average molecular weight is 401 g/mol. The van der Waals surface area contributed by atoms with Crippen molar-refractivity contribution in [1.29, 1.82) is 0 Å². The van der Waals surface area contributed by atoms with Gasteiger partial charge in [-0.15, -0.1) is 11.3 Å². The number of fused-ring (bicyclic) bond motifs is 3. The van der Waals surface area contributed by atoms with Crippen molar-refractivity contribution < 1.29 is 19.1 Å². The molecular formula is C21H24N2O4S. The van der Waals surface area contributed by atoms with E-state index in [2.05, 4.69) is 18.3 Å². The number of aryl methyl sites for hydroxylation is 1. The van der Waals surface area contributed by atoms with Crippen molar-refractivity contribution >= 4 is 23.3 Å². The van der Waals surface area contributed by atoms with Crippen LogP contribution in [0.15, 0.2) is 24.3 Å². The number of amides is 2. The number of rotatable bonds is 3. The molecule has 148 valence electrons. The Kier molecular flexibility index (Phi) is 5.26. The van der Waals surface area contributed by atoms with Crippen LogP contribution in [0, 0.1) is 6.92 Å². The van der Waals surface area contributed by atoms with Gasteiger partial charge in [-0.05, 0) is 44.4 Å². The Morgan fingerprint density at radius 3 is 2.86 bits per heavy atom. The summed E-state index contributed by atoms with van der Waals surface area (Å²) in [5.41, 5.74) is 3.31. The van der Waals surface area contributed by atoms with E-state index in [9.17, 15) is 9.59 Å². The number of thiophene rings is 1. The highest BCUT2D eigenvalue weighted by Crippen LogP contribution is 2.44. The monoisotopic (exact) mass is 400 g/mol. The Morgan fingerprint density at radius 2 is 2.11 bits per heavy atom. The molecule has 1 aromatic carbocycles. The van der Waals surface area contributed by atoms with E-state index in [0.29, 0.717) is 31.2 Å². The van der Waals surface area contributed by atoms with Crippen LogP contribution in [0.4, 0.5) is 4.79 Å². The number of piperidine rings is 1. The molecule has 2 amide bonds. The van der Waals surface area contributed by atoms with E-state index >= 15 is 0 Å². The molecule has 0 aliphatic carbocycles. The zero-order chi connectivity index (χ0) is 19.7. The van der Waals surface area contributed by atoms with Crippen molar-refractivity contribution in [3.05, 3.63) is 40.3 Å². The van der Waals surface area contributed by atoms with Crippen LogP contribution in [0.2, 0.25) is 0 Å². The molecule has 0 radical (unpaired) electrons. The number of ether oxygens (including phenoxy) is 2. The smallest absolute Gasteiger partial charge is 0.409 e. The van der Waals surface area contributed by atoms with Gasteiger partial charge in [0, 0.05) is 35.1 Å². The summed E-state index contributed by atoms with van der Waals surface area (Å²) in [4.78, 5) is 28.1. The number of benzene rings is 1. The van der Waals surface area contributed by atoms with Gasteiger partial charge in [-0.25, -0.2) is 4.79 Å². The second-order valence-electron chi connectivity index (χ2n) is 7.14. The predicted octanol–water partition coefficient (Wildman–Crippen LogP) is 3.97. The summed E-state index contributed by atoms with van der Waals surface area (Å²) in [5.74, 6) is 0.830. The molecule has 0 atom stereocenters. The van der Waals surface area contributed by atoms with Gasteiger partial charge in [0.25, 0.3) is 5.91 Å². The van der Waals surface area contributed by atoms with Crippen molar-refractivity contribution in [3.8, 4) is 16.2 Å². The number of carbonyl (C=O) groups excluding carboxylic acids is 2. The molecule has 2 aromatic rings. The van der Waals surface area contributed by atoms with E-state index in [4.69, 9.17) is 9.47 Å². The Balaban J connectivity index is 1.42. The Hall–Kier alpha value is -2.54. The molecule has 3 heterocycles. The third-order valence-corrected chi connectivity index (χ3v) is 6.43. The van der Waals surface area contributed by atoms with Crippen molar-refractivity contribution in [3.63, 3.8) is 0 Å². The standard InChI is InChI=1S/C21H24N2O4S/c1-3-26-21(25)23-9-7-15(8-10-23)22-20(24)17-11-14-12-27-16-6-4-5-13(2)18(16)19(14)28-17/h4-6,11,15H,3,7-10,12H2,1-2H3,(H,22,24). The topological polar surface area (TPSA) is 67.9 Å². The molecule has 0 spiro atoms. The molecule has 1 saturated heterocycles. The number of carbonyl (C=O) groups is 2. The lowest BCUT2D eigenvalue weighted by Crippen LogP contribution is -2.46. The maximum Gasteiger partial charge on any atom is 0.409 e. The van der Waals surface area contributed by atoms with Gasteiger partial charge >= 0.3 is 6.09 Å². The molecule has 2 aliphatic rings. The highest BCUT2D eigenvalue weighted by molar-refractivity contribution is 7.17. The van der Waals surface area contributed by atoms with Gasteiger partial charge in [0.15, 0.2) is 0 Å². The summed E-state index contributed by atoms with van der Waals surface area (Å²) < 4.78 is 10.9. The van der Waals surface area contributed by atoms with E-state index in [-0.39, 0.29) is 18.0 Å². The number of hydrogen-bond acceptors (Lipinski definition) is 5. The van der Waals surface area contributed by atoms with Gasteiger partial charge < -0.3 is 19.7 Å². The maximum absolute atomic E-state index is 12.8. The zero-order valence-corrected chi connectivity index (χ0v) is 16.9. The molecule has 7 heteroatoms. The van der Waals surface area contributed by atoms with Crippen LogP contribution in [0.25, 0.3) is 10.4 Å². The first kappa shape index (κ1) is 18.8. The van der Waals surface area contributed by atoms with Gasteiger partial charge in [-0.2, -0.15) is 0 Å². The summed E-state index contributed by atoms with van der Waals surface area (Å²) in [6.45, 7) is 5.94. The lowest BCUT2D eigenvalue weighted by atomic mass is 10.0. The lowest BCUT2D eigenvalue weighted by Gasteiger charge is -2.31. The van der Waals surface area contributed by atoms with Gasteiger partial charge in [-0.1, -0.05) is 12.1 Å². The molecular weight excluding hydrogens is 376 g/mol. The Labute approximate surface area is 168 Å². The van der Waals surface area contributed by atoms with Crippen molar-refractivity contribution in [1.82, 2.24) is 10.2 Å². The van der Waals surface area contributed by atoms with E-state index in [1.54, 1.807) is 11.8 Å². The summed E-state index contributed by atoms with van der Waals surface area (Å²) >= 11 is 1.52. The molecule has 28 heavy (non-hydrogen) atoms. The van der Waals surface area contributed by atoms with Gasteiger partial charge in [0.1, 0.15) is 12.4 Å². The van der Waals surface area contributed by atoms with Gasteiger partial charge in [0.05, 0.1) is 11.5 Å². The highest BCUT2D eigenvalue weighted by Gasteiger charge is 2.27. The quantitative estimate of drug-likeness (QED) is 0.847. The molecule has 1 N–H and O–H groups in total.